The Balaban J connectivity index is 1.52. The van der Waals surface area contributed by atoms with Crippen LogP contribution >= 0.6 is 0 Å². The molecular weight excluding hydrogens is 344 g/mol. The number of anilines is 1. The lowest BCUT2D eigenvalue weighted by atomic mass is 10.1. The van der Waals surface area contributed by atoms with E-state index in [-0.39, 0.29) is 18.2 Å². The second-order valence-corrected chi connectivity index (χ2v) is 6.48. The highest BCUT2D eigenvalue weighted by molar-refractivity contribution is 5.88. The van der Waals surface area contributed by atoms with Gasteiger partial charge in [-0.15, -0.1) is 0 Å². The molecule has 0 radical (unpaired) electrons. The summed E-state index contributed by atoms with van der Waals surface area (Å²) < 4.78 is 0. The number of piperazine rings is 1. The van der Waals surface area contributed by atoms with E-state index in [1.807, 2.05) is 30.3 Å². The first-order chi connectivity index (χ1) is 13.2. The van der Waals surface area contributed by atoms with Crippen LogP contribution in [0.15, 0.2) is 54.9 Å². The zero-order chi connectivity index (χ0) is 19.1. The van der Waals surface area contributed by atoms with E-state index in [0.717, 1.165) is 24.3 Å². The molecule has 0 aliphatic carbocycles. The number of rotatable bonds is 6. The van der Waals surface area contributed by atoms with Crippen LogP contribution in [0.25, 0.3) is 0 Å². The third-order valence-corrected chi connectivity index (χ3v) is 4.64. The largest absolute Gasteiger partial charge is 0.394 e. The molecule has 142 valence electrons. The van der Waals surface area contributed by atoms with Crippen molar-refractivity contribution in [3.05, 3.63) is 60.4 Å². The van der Waals surface area contributed by atoms with Crippen LogP contribution in [-0.4, -0.2) is 65.6 Å². The Bertz CT molecular complexity index is 746. The van der Waals surface area contributed by atoms with Crippen molar-refractivity contribution < 1.29 is 14.7 Å². The van der Waals surface area contributed by atoms with Crippen molar-refractivity contribution in [2.24, 2.45) is 0 Å². The minimum atomic E-state index is -0.914. The SMILES string of the molecule is O=C(Cc1ccncc1)N[C@@H](CO)C(=O)N1CCN(c2ccccc2)CC1. The van der Waals surface area contributed by atoms with Crippen LogP contribution in [0.4, 0.5) is 5.69 Å². The van der Waals surface area contributed by atoms with Crippen molar-refractivity contribution in [1.82, 2.24) is 15.2 Å². The Kier molecular flexibility index (Phi) is 6.38. The number of pyridine rings is 1. The summed E-state index contributed by atoms with van der Waals surface area (Å²) in [6.07, 6.45) is 3.38. The van der Waals surface area contributed by atoms with Gasteiger partial charge in [0.05, 0.1) is 13.0 Å². The number of aromatic nitrogens is 1. The van der Waals surface area contributed by atoms with Crippen molar-refractivity contribution in [1.29, 1.82) is 0 Å². The number of para-hydroxylation sites is 1. The van der Waals surface area contributed by atoms with Crippen LogP contribution in [-0.2, 0) is 16.0 Å². The fourth-order valence-electron chi connectivity index (χ4n) is 3.16. The molecule has 2 N–H and O–H groups in total. The number of carbonyl (C=O) groups is 2. The first kappa shape index (κ1) is 18.8. The van der Waals surface area contributed by atoms with Gasteiger partial charge in [-0.05, 0) is 29.8 Å². The first-order valence-corrected chi connectivity index (χ1v) is 9.05. The molecule has 1 aromatic carbocycles. The van der Waals surface area contributed by atoms with Crippen LogP contribution < -0.4 is 10.2 Å². The molecule has 1 aromatic heterocycles. The second kappa shape index (κ2) is 9.14. The van der Waals surface area contributed by atoms with Crippen molar-refractivity contribution in [2.75, 3.05) is 37.7 Å². The van der Waals surface area contributed by atoms with E-state index in [1.54, 1.807) is 29.4 Å². The third-order valence-electron chi connectivity index (χ3n) is 4.64. The van der Waals surface area contributed by atoms with Crippen molar-refractivity contribution in [3.8, 4) is 0 Å². The Morgan fingerprint density at radius 3 is 2.33 bits per heavy atom. The maximum Gasteiger partial charge on any atom is 0.247 e. The van der Waals surface area contributed by atoms with E-state index in [1.165, 1.54) is 0 Å². The molecule has 0 unspecified atom stereocenters. The van der Waals surface area contributed by atoms with E-state index in [9.17, 15) is 14.7 Å². The lowest BCUT2D eigenvalue weighted by Gasteiger charge is -2.37. The molecule has 7 heteroatoms. The number of nitrogens with one attached hydrogen (secondary N) is 1. The monoisotopic (exact) mass is 368 g/mol. The molecule has 2 heterocycles. The molecule has 1 saturated heterocycles. The Morgan fingerprint density at radius 1 is 1.04 bits per heavy atom. The number of amides is 2. The molecule has 2 aromatic rings. The summed E-state index contributed by atoms with van der Waals surface area (Å²) >= 11 is 0. The van der Waals surface area contributed by atoms with E-state index in [4.69, 9.17) is 0 Å². The van der Waals surface area contributed by atoms with Gasteiger partial charge in [0.2, 0.25) is 11.8 Å². The molecule has 3 rings (SSSR count). The molecule has 1 aliphatic rings. The van der Waals surface area contributed by atoms with Gasteiger partial charge in [-0.2, -0.15) is 0 Å². The highest BCUT2D eigenvalue weighted by Crippen LogP contribution is 2.16. The standard InChI is InChI=1S/C20H24N4O3/c25-15-18(22-19(26)14-16-6-8-21-9-7-16)20(27)24-12-10-23(11-13-24)17-4-2-1-3-5-17/h1-9,18,25H,10-15H2,(H,22,26)/t18-/m0/s1. The maximum absolute atomic E-state index is 12.7. The number of aliphatic hydroxyl groups is 1. The lowest BCUT2D eigenvalue weighted by molar-refractivity contribution is -0.137. The van der Waals surface area contributed by atoms with Crippen molar-refractivity contribution in [3.63, 3.8) is 0 Å². The number of nitrogens with zero attached hydrogens (tertiary/aromatic N) is 3. The Morgan fingerprint density at radius 2 is 1.70 bits per heavy atom. The molecule has 7 nitrogen and oxygen atoms in total. The summed E-state index contributed by atoms with van der Waals surface area (Å²) in [5.74, 6) is -0.537. The fourth-order valence-corrected chi connectivity index (χ4v) is 3.16. The minimum Gasteiger partial charge on any atom is -0.394 e. The van der Waals surface area contributed by atoms with Crippen LogP contribution in [0, 0.1) is 0 Å². The quantitative estimate of drug-likeness (QED) is 0.773. The van der Waals surface area contributed by atoms with Crippen LogP contribution in [0.1, 0.15) is 5.56 Å². The molecule has 0 saturated carbocycles. The van der Waals surface area contributed by atoms with E-state index < -0.39 is 12.6 Å². The van der Waals surface area contributed by atoms with Gasteiger partial charge in [0.25, 0.3) is 0 Å². The lowest BCUT2D eigenvalue weighted by Crippen LogP contribution is -2.56. The molecule has 27 heavy (non-hydrogen) atoms. The fraction of sp³-hybridized carbons (Fsp3) is 0.350. The number of hydrogen-bond acceptors (Lipinski definition) is 5. The topological polar surface area (TPSA) is 85.8 Å². The summed E-state index contributed by atoms with van der Waals surface area (Å²) in [5, 5.41) is 12.2. The zero-order valence-corrected chi connectivity index (χ0v) is 15.1. The summed E-state index contributed by atoms with van der Waals surface area (Å²) in [5.41, 5.74) is 1.94. The molecule has 2 amide bonds. The summed E-state index contributed by atoms with van der Waals surface area (Å²) in [6.45, 7) is 2.15. The number of benzene rings is 1. The predicted octanol–water partition coefficient (Wildman–Crippen LogP) is 0.450. The van der Waals surface area contributed by atoms with Gasteiger partial charge < -0.3 is 20.2 Å². The molecular formula is C20H24N4O3. The Labute approximate surface area is 158 Å². The number of hydrogen-bond donors (Lipinski definition) is 2. The first-order valence-electron chi connectivity index (χ1n) is 9.05. The van der Waals surface area contributed by atoms with Gasteiger partial charge in [-0.3, -0.25) is 14.6 Å². The van der Waals surface area contributed by atoms with E-state index in [0.29, 0.717) is 13.1 Å². The van der Waals surface area contributed by atoms with Crippen LogP contribution in [0.2, 0.25) is 0 Å². The van der Waals surface area contributed by atoms with Gasteiger partial charge in [-0.25, -0.2) is 0 Å². The van der Waals surface area contributed by atoms with E-state index >= 15 is 0 Å². The number of aliphatic hydroxyl groups excluding tert-OH is 1. The van der Waals surface area contributed by atoms with Gasteiger partial charge in [0, 0.05) is 44.3 Å². The van der Waals surface area contributed by atoms with Crippen molar-refractivity contribution in [2.45, 2.75) is 12.5 Å². The average Bonchev–Trinajstić information content (AvgIpc) is 2.73. The van der Waals surface area contributed by atoms with E-state index in [2.05, 4.69) is 15.2 Å². The average molecular weight is 368 g/mol. The minimum absolute atomic E-state index is 0.147. The molecule has 0 spiro atoms. The molecule has 1 aliphatic heterocycles. The summed E-state index contributed by atoms with van der Waals surface area (Å²) in [7, 11) is 0. The molecule has 0 bridgehead atoms. The van der Waals surface area contributed by atoms with Crippen molar-refractivity contribution >= 4 is 17.5 Å². The van der Waals surface area contributed by atoms with Gasteiger partial charge >= 0.3 is 0 Å². The molecule has 1 atom stereocenters. The normalized spacial score (nSPS) is 15.3. The Hall–Kier alpha value is -2.93. The highest BCUT2D eigenvalue weighted by Gasteiger charge is 2.28. The highest BCUT2D eigenvalue weighted by atomic mass is 16.3. The maximum atomic E-state index is 12.7. The van der Waals surface area contributed by atoms with Crippen LogP contribution in [0.3, 0.4) is 0 Å². The van der Waals surface area contributed by atoms with Gasteiger partial charge in [-0.1, -0.05) is 18.2 Å². The number of carbonyl (C=O) groups excluding carboxylic acids is 2. The second-order valence-electron chi connectivity index (χ2n) is 6.48. The van der Waals surface area contributed by atoms with Crippen LogP contribution in [0.5, 0.6) is 0 Å². The smallest absolute Gasteiger partial charge is 0.247 e. The predicted molar refractivity (Wildman–Crippen MR) is 102 cm³/mol. The summed E-state index contributed by atoms with van der Waals surface area (Å²) in [6, 6.07) is 12.6. The zero-order valence-electron chi connectivity index (χ0n) is 15.1. The van der Waals surface area contributed by atoms with Gasteiger partial charge in [0.15, 0.2) is 0 Å². The third kappa shape index (κ3) is 5.04. The summed E-state index contributed by atoms with van der Waals surface area (Å²) in [4.78, 5) is 32.7. The van der Waals surface area contributed by atoms with Gasteiger partial charge in [0.1, 0.15) is 6.04 Å². The molecule has 1 fully saturated rings.